The fourth-order valence-corrected chi connectivity index (χ4v) is 0.654. The van der Waals surface area contributed by atoms with E-state index in [-0.39, 0.29) is 0 Å². The Balaban J connectivity index is 3.40. The van der Waals surface area contributed by atoms with Crippen LogP contribution in [0.1, 0.15) is 26.7 Å². The molecule has 1 atom stereocenters. The van der Waals surface area contributed by atoms with Crippen molar-refractivity contribution in [2.75, 3.05) is 6.61 Å². The smallest absolute Gasteiger partial charge is 0.409 e. The summed E-state index contributed by atoms with van der Waals surface area (Å²) in [6, 6.07) is 0. The first kappa shape index (κ1) is 10.2. The molecular weight excluding hydrogens is 146 g/mol. The van der Waals surface area contributed by atoms with E-state index in [1.54, 1.807) is 6.92 Å². The Morgan fingerprint density at radius 3 is 2.73 bits per heavy atom. The quantitative estimate of drug-likeness (QED) is 0.601. The maximum atomic E-state index is 10.6. The lowest BCUT2D eigenvalue weighted by atomic mass is 10.3. The van der Waals surface area contributed by atoms with Crippen LogP contribution in [0.2, 0.25) is 0 Å². The molecule has 4 heteroatoms. The summed E-state index contributed by atoms with van der Waals surface area (Å²) in [5, 5.41) is 11.3. The van der Waals surface area contributed by atoms with Gasteiger partial charge in [0, 0.05) is 0 Å². The van der Waals surface area contributed by atoms with Crippen LogP contribution >= 0.6 is 0 Å². The van der Waals surface area contributed by atoms with Gasteiger partial charge in [-0.25, -0.2) is 4.79 Å². The molecule has 1 amide bonds. The number of hydrogen-bond donors (Lipinski definition) is 2. The number of carbonyl (C=O) groups excluding carboxylic acids is 1. The Labute approximate surface area is 66.5 Å². The van der Waals surface area contributed by atoms with E-state index in [2.05, 4.69) is 10.1 Å². The van der Waals surface area contributed by atoms with Gasteiger partial charge in [-0.15, -0.1) is 0 Å². The standard InChI is InChI=1S/C7H15NO3/c1-3-5-6(9)8-7(10)11-4-2/h6,9H,3-5H2,1-2H3,(H,8,10). The van der Waals surface area contributed by atoms with Gasteiger partial charge in [0.2, 0.25) is 0 Å². The van der Waals surface area contributed by atoms with Gasteiger partial charge in [0.25, 0.3) is 0 Å². The first-order valence-corrected chi connectivity index (χ1v) is 3.82. The first-order valence-electron chi connectivity index (χ1n) is 3.82. The lowest BCUT2D eigenvalue weighted by Crippen LogP contribution is -2.34. The predicted molar refractivity (Wildman–Crippen MR) is 41.1 cm³/mol. The lowest BCUT2D eigenvalue weighted by Gasteiger charge is -2.10. The zero-order chi connectivity index (χ0) is 8.69. The van der Waals surface area contributed by atoms with E-state index in [1.165, 1.54) is 0 Å². The summed E-state index contributed by atoms with van der Waals surface area (Å²) in [6.07, 6.45) is 0.0411. The van der Waals surface area contributed by atoms with Gasteiger partial charge in [-0.3, -0.25) is 5.32 Å². The third-order valence-electron chi connectivity index (χ3n) is 1.12. The molecule has 0 aliphatic rings. The largest absolute Gasteiger partial charge is 0.450 e. The SMILES string of the molecule is CCCC(O)NC(=O)OCC. The van der Waals surface area contributed by atoms with Gasteiger partial charge < -0.3 is 9.84 Å². The van der Waals surface area contributed by atoms with Crippen LogP contribution in [0, 0.1) is 0 Å². The summed E-state index contributed by atoms with van der Waals surface area (Å²) in [5.74, 6) is 0. The minimum atomic E-state index is -0.779. The zero-order valence-electron chi connectivity index (χ0n) is 6.96. The van der Waals surface area contributed by atoms with Gasteiger partial charge >= 0.3 is 6.09 Å². The molecule has 0 saturated heterocycles. The molecule has 11 heavy (non-hydrogen) atoms. The second-order valence-corrected chi connectivity index (χ2v) is 2.17. The van der Waals surface area contributed by atoms with E-state index in [4.69, 9.17) is 5.11 Å². The van der Waals surface area contributed by atoms with Gasteiger partial charge in [-0.2, -0.15) is 0 Å². The van der Waals surface area contributed by atoms with E-state index in [0.717, 1.165) is 6.42 Å². The fraction of sp³-hybridized carbons (Fsp3) is 0.857. The van der Waals surface area contributed by atoms with E-state index >= 15 is 0 Å². The summed E-state index contributed by atoms with van der Waals surface area (Å²) in [6.45, 7) is 3.96. The molecule has 0 radical (unpaired) electrons. The van der Waals surface area contributed by atoms with E-state index in [0.29, 0.717) is 13.0 Å². The number of amides is 1. The van der Waals surface area contributed by atoms with E-state index in [1.807, 2.05) is 6.92 Å². The fourth-order valence-electron chi connectivity index (χ4n) is 0.654. The third-order valence-corrected chi connectivity index (χ3v) is 1.12. The van der Waals surface area contributed by atoms with Gasteiger partial charge in [-0.1, -0.05) is 13.3 Å². The number of aliphatic hydroxyl groups is 1. The Hall–Kier alpha value is -0.770. The average Bonchev–Trinajstić information content (AvgIpc) is 1.87. The van der Waals surface area contributed by atoms with Gasteiger partial charge in [-0.05, 0) is 13.3 Å². The normalized spacial score (nSPS) is 12.3. The van der Waals surface area contributed by atoms with Gasteiger partial charge in [0.05, 0.1) is 6.61 Å². The molecule has 0 aliphatic carbocycles. The molecule has 2 N–H and O–H groups in total. The van der Waals surface area contributed by atoms with Crippen molar-refractivity contribution in [3.63, 3.8) is 0 Å². The van der Waals surface area contributed by atoms with Crippen LogP contribution < -0.4 is 5.32 Å². The number of ether oxygens (including phenoxy) is 1. The van der Waals surface area contributed by atoms with Crippen LogP contribution in [-0.4, -0.2) is 24.0 Å². The van der Waals surface area contributed by atoms with Gasteiger partial charge in [0.15, 0.2) is 0 Å². The molecule has 0 bridgehead atoms. The molecule has 66 valence electrons. The highest BCUT2D eigenvalue weighted by atomic mass is 16.5. The van der Waals surface area contributed by atoms with E-state index in [9.17, 15) is 4.79 Å². The monoisotopic (exact) mass is 161 g/mol. The summed E-state index contributed by atoms with van der Waals surface area (Å²) in [5.41, 5.74) is 0. The van der Waals surface area contributed by atoms with Crippen LogP contribution in [0.15, 0.2) is 0 Å². The third kappa shape index (κ3) is 5.66. The Bertz CT molecular complexity index is 116. The minimum absolute atomic E-state index is 0.324. The highest BCUT2D eigenvalue weighted by Crippen LogP contribution is 1.92. The van der Waals surface area contributed by atoms with Crippen LogP contribution in [0.3, 0.4) is 0 Å². The number of hydrogen-bond acceptors (Lipinski definition) is 3. The second-order valence-electron chi connectivity index (χ2n) is 2.17. The first-order chi connectivity index (χ1) is 5.20. The van der Waals surface area contributed by atoms with Crippen molar-refractivity contribution in [3.8, 4) is 0 Å². The summed E-state index contributed by atoms with van der Waals surface area (Å²) < 4.78 is 4.55. The minimum Gasteiger partial charge on any atom is -0.450 e. The number of nitrogens with one attached hydrogen (secondary N) is 1. The van der Waals surface area contributed by atoms with Crippen LogP contribution in [0.5, 0.6) is 0 Å². The number of carbonyl (C=O) groups is 1. The van der Waals surface area contributed by atoms with Crippen molar-refractivity contribution < 1.29 is 14.6 Å². The lowest BCUT2D eigenvalue weighted by molar-refractivity contribution is 0.0965. The average molecular weight is 161 g/mol. The number of aliphatic hydroxyl groups excluding tert-OH is 1. The maximum Gasteiger partial charge on any atom is 0.409 e. The molecule has 0 fully saturated rings. The van der Waals surface area contributed by atoms with Crippen molar-refractivity contribution in [1.29, 1.82) is 0 Å². The van der Waals surface area contributed by atoms with Crippen molar-refractivity contribution in [2.45, 2.75) is 32.9 Å². The van der Waals surface area contributed by atoms with Crippen molar-refractivity contribution in [2.24, 2.45) is 0 Å². The molecule has 0 aromatic heterocycles. The van der Waals surface area contributed by atoms with Crippen LogP contribution in [0.4, 0.5) is 4.79 Å². The highest BCUT2D eigenvalue weighted by Gasteiger charge is 2.06. The summed E-state index contributed by atoms with van der Waals surface area (Å²) in [7, 11) is 0. The molecule has 0 spiro atoms. The molecular formula is C7H15NO3. The topological polar surface area (TPSA) is 58.6 Å². The van der Waals surface area contributed by atoms with Crippen LogP contribution in [-0.2, 0) is 4.74 Å². The summed E-state index contributed by atoms with van der Waals surface area (Å²) in [4.78, 5) is 10.6. The van der Waals surface area contributed by atoms with Crippen molar-refractivity contribution in [3.05, 3.63) is 0 Å². The number of rotatable bonds is 4. The van der Waals surface area contributed by atoms with Crippen LogP contribution in [0.25, 0.3) is 0 Å². The van der Waals surface area contributed by atoms with Crippen molar-refractivity contribution >= 4 is 6.09 Å². The molecule has 0 aliphatic heterocycles. The molecule has 0 heterocycles. The second kappa shape index (κ2) is 5.97. The van der Waals surface area contributed by atoms with Gasteiger partial charge in [0.1, 0.15) is 6.23 Å². The molecule has 0 rings (SSSR count). The highest BCUT2D eigenvalue weighted by molar-refractivity contribution is 5.67. The summed E-state index contributed by atoms with van der Waals surface area (Å²) >= 11 is 0. The zero-order valence-corrected chi connectivity index (χ0v) is 6.96. The molecule has 0 aromatic carbocycles. The van der Waals surface area contributed by atoms with Crippen molar-refractivity contribution in [1.82, 2.24) is 5.32 Å². The predicted octanol–water partition coefficient (Wildman–Crippen LogP) is 0.851. The molecule has 0 saturated carbocycles. The molecule has 1 unspecified atom stereocenters. The molecule has 4 nitrogen and oxygen atoms in total. The van der Waals surface area contributed by atoms with E-state index < -0.39 is 12.3 Å². The Morgan fingerprint density at radius 2 is 2.27 bits per heavy atom. The Morgan fingerprint density at radius 1 is 1.64 bits per heavy atom. The Kier molecular flexibility index (Phi) is 5.56. The number of alkyl carbamates (subject to hydrolysis) is 1. The maximum absolute atomic E-state index is 10.6. The molecule has 0 aromatic rings.